The van der Waals surface area contributed by atoms with Crippen molar-refractivity contribution in [3.05, 3.63) is 77.4 Å². The van der Waals surface area contributed by atoms with Gasteiger partial charge < -0.3 is 14.8 Å². The van der Waals surface area contributed by atoms with Crippen LogP contribution in [-0.4, -0.2) is 65.4 Å². The molecule has 0 bridgehead atoms. The summed E-state index contributed by atoms with van der Waals surface area (Å²) in [5.41, 5.74) is 3.50. The van der Waals surface area contributed by atoms with Gasteiger partial charge in [0.05, 0.1) is 12.7 Å². The maximum atomic E-state index is 14.5. The van der Waals surface area contributed by atoms with Crippen LogP contribution in [0, 0.1) is 0 Å². The molecule has 1 N–H and O–H groups in total. The molecule has 12 heteroatoms. The van der Waals surface area contributed by atoms with Crippen LogP contribution in [0.25, 0.3) is 27.7 Å². The lowest BCUT2D eigenvalue weighted by molar-refractivity contribution is -0.137. The van der Waals surface area contributed by atoms with Crippen LogP contribution in [-0.2, 0) is 16.1 Å². The smallest absolute Gasteiger partial charge is 0.248 e. The van der Waals surface area contributed by atoms with E-state index in [1.165, 1.54) is 11.8 Å². The molecule has 1 aliphatic rings. The van der Waals surface area contributed by atoms with E-state index in [0.29, 0.717) is 26.9 Å². The van der Waals surface area contributed by atoms with E-state index < -0.39 is 24.0 Å². The zero-order valence-electron chi connectivity index (χ0n) is 21.3. The Morgan fingerprint density at radius 2 is 1.98 bits per heavy atom. The van der Waals surface area contributed by atoms with Crippen molar-refractivity contribution < 1.29 is 18.8 Å². The number of hydrogen-bond acceptors (Lipinski definition) is 6. The minimum atomic E-state index is -1.33. The highest BCUT2D eigenvalue weighted by atomic mass is 79.9. The molecule has 1 fully saturated rings. The maximum Gasteiger partial charge on any atom is 0.248 e. The molecule has 10 nitrogen and oxygen atoms in total. The molecule has 202 valence electrons. The molecule has 2 amide bonds. The van der Waals surface area contributed by atoms with Gasteiger partial charge in [-0.15, -0.1) is 0 Å². The number of hydrogen-bond donors (Lipinski definition) is 1. The minimum Gasteiger partial charge on any atom is -0.337 e. The van der Waals surface area contributed by atoms with Crippen molar-refractivity contribution in [2.75, 3.05) is 11.9 Å². The molecule has 5 heterocycles. The summed E-state index contributed by atoms with van der Waals surface area (Å²) in [4.78, 5) is 48.8. The van der Waals surface area contributed by atoms with E-state index in [2.05, 4.69) is 36.3 Å². The van der Waals surface area contributed by atoms with Gasteiger partial charge in [0, 0.05) is 53.1 Å². The molecule has 1 aliphatic heterocycles. The number of halogens is 2. The largest absolute Gasteiger partial charge is 0.337 e. The number of likely N-dealkylation sites (tertiary alicyclic amines) is 1. The zero-order valence-corrected chi connectivity index (χ0v) is 22.9. The SMILES string of the molecule is CC(=O)c1cn(CC(=O)N2C[C@H](F)C[C@H]2C(=O)Nc2cccc(Br)n2)c2ccc(-c3cnc4ccnn4c3)cc12. The Bertz CT molecular complexity index is 1800. The number of Topliss-reactive ketones (excluding diaryl/α,β-unsaturated/α-hetero) is 1. The Labute approximate surface area is 235 Å². The highest BCUT2D eigenvalue weighted by Gasteiger charge is 2.40. The Balaban J connectivity index is 1.28. The van der Waals surface area contributed by atoms with Crippen molar-refractivity contribution in [2.45, 2.75) is 32.1 Å². The average Bonchev–Trinajstić information content (AvgIpc) is 3.65. The van der Waals surface area contributed by atoms with E-state index in [-0.39, 0.29) is 25.3 Å². The summed E-state index contributed by atoms with van der Waals surface area (Å²) in [6.07, 6.45) is 5.46. The number of fused-ring (bicyclic) bond motifs is 2. The van der Waals surface area contributed by atoms with E-state index in [1.54, 1.807) is 51.9 Å². The summed E-state index contributed by atoms with van der Waals surface area (Å²) in [7, 11) is 0. The van der Waals surface area contributed by atoms with Crippen molar-refractivity contribution in [1.29, 1.82) is 0 Å². The van der Waals surface area contributed by atoms with Crippen LogP contribution >= 0.6 is 15.9 Å². The number of benzene rings is 1. The van der Waals surface area contributed by atoms with E-state index in [1.807, 2.05) is 24.4 Å². The van der Waals surface area contributed by atoms with Crippen LogP contribution in [0.5, 0.6) is 0 Å². The van der Waals surface area contributed by atoms with Gasteiger partial charge in [0.1, 0.15) is 29.2 Å². The molecule has 6 rings (SSSR count). The molecule has 5 aromatic rings. The van der Waals surface area contributed by atoms with Gasteiger partial charge in [-0.1, -0.05) is 12.1 Å². The van der Waals surface area contributed by atoms with Gasteiger partial charge in [-0.05, 0) is 52.7 Å². The number of ketones is 1. The van der Waals surface area contributed by atoms with Gasteiger partial charge in [0.25, 0.3) is 0 Å². The fraction of sp³-hybridized carbons (Fsp3) is 0.214. The number of rotatable bonds is 6. The highest BCUT2D eigenvalue weighted by Crippen LogP contribution is 2.29. The number of nitrogens with one attached hydrogen (secondary N) is 1. The van der Waals surface area contributed by atoms with Crippen LogP contribution in [0.3, 0.4) is 0 Å². The number of carbonyl (C=O) groups is 3. The number of amides is 2. The fourth-order valence-electron chi connectivity index (χ4n) is 5.08. The second-order valence-corrected chi connectivity index (χ2v) is 10.5. The summed E-state index contributed by atoms with van der Waals surface area (Å²) in [6, 6.07) is 11.5. The molecule has 1 aromatic carbocycles. The summed E-state index contributed by atoms with van der Waals surface area (Å²) < 4.78 is 18.3. The monoisotopic (exact) mass is 603 g/mol. The van der Waals surface area contributed by atoms with Crippen LogP contribution < -0.4 is 5.32 Å². The maximum absolute atomic E-state index is 14.5. The predicted molar refractivity (Wildman–Crippen MR) is 150 cm³/mol. The Kier molecular flexibility index (Phi) is 6.62. The summed E-state index contributed by atoms with van der Waals surface area (Å²) >= 11 is 3.25. The Hall–Kier alpha value is -4.45. The van der Waals surface area contributed by atoms with Crippen molar-refractivity contribution in [1.82, 2.24) is 29.0 Å². The molecule has 2 atom stereocenters. The first-order valence-corrected chi connectivity index (χ1v) is 13.4. The Morgan fingerprint density at radius 3 is 2.77 bits per heavy atom. The molecule has 1 saturated heterocycles. The van der Waals surface area contributed by atoms with E-state index >= 15 is 0 Å². The number of alkyl halides is 1. The lowest BCUT2D eigenvalue weighted by Gasteiger charge is -2.24. The van der Waals surface area contributed by atoms with Crippen molar-refractivity contribution in [2.24, 2.45) is 0 Å². The second kappa shape index (κ2) is 10.3. The number of aromatic nitrogens is 5. The lowest BCUT2D eigenvalue weighted by Crippen LogP contribution is -2.44. The summed E-state index contributed by atoms with van der Waals surface area (Å²) in [5.74, 6) is -0.785. The quantitative estimate of drug-likeness (QED) is 0.229. The Morgan fingerprint density at radius 1 is 1.12 bits per heavy atom. The van der Waals surface area contributed by atoms with Gasteiger partial charge >= 0.3 is 0 Å². The van der Waals surface area contributed by atoms with E-state index in [4.69, 9.17) is 0 Å². The first-order chi connectivity index (χ1) is 19.3. The molecule has 0 spiro atoms. The first kappa shape index (κ1) is 25.8. The zero-order chi connectivity index (χ0) is 28.0. The van der Waals surface area contributed by atoms with E-state index in [9.17, 15) is 18.8 Å². The normalized spacial score (nSPS) is 17.0. The van der Waals surface area contributed by atoms with Gasteiger partial charge in [-0.2, -0.15) is 5.10 Å². The van der Waals surface area contributed by atoms with Gasteiger partial charge in [0.15, 0.2) is 11.4 Å². The predicted octanol–water partition coefficient (Wildman–Crippen LogP) is 4.29. The average molecular weight is 604 g/mol. The summed E-state index contributed by atoms with van der Waals surface area (Å²) in [5, 5.41) is 7.58. The lowest BCUT2D eigenvalue weighted by atomic mass is 10.0. The van der Waals surface area contributed by atoms with Crippen LogP contribution in [0.1, 0.15) is 23.7 Å². The molecular formula is C28H23BrFN7O3. The molecule has 0 saturated carbocycles. The highest BCUT2D eigenvalue weighted by molar-refractivity contribution is 9.10. The third-order valence-corrected chi connectivity index (χ3v) is 7.43. The van der Waals surface area contributed by atoms with Crippen molar-refractivity contribution in [3.63, 3.8) is 0 Å². The van der Waals surface area contributed by atoms with E-state index in [0.717, 1.165) is 16.8 Å². The number of anilines is 1. The van der Waals surface area contributed by atoms with Crippen LogP contribution in [0.2, 0.25) is 0 Å². The number of pyridine rings is 1. The van der Waals surface area contributed by atoms with Crippen LogP contribution in [0.15, 0.2) is 71.9 Å². The molecule has 4 aromatic heterocycles. The molecular weight excluding hydrogens is 581 g/mol. The fourth-order valence-corrected chi connectivity index (χ4v) is 5.42. The van der Waals surface area contributed by atoms with Crippen LogP contribution in [0.4, 0.5) is 10.2 Å². The molecule has 40 heavy (non-hydrogen) atoms. The topological polar surface area (TPSA) is 114 Å². The third-order valence-electron chi connectivity index (χ3n) is 6.99. The molecule has 0 radical (unpaired) electrons. The van der Waals surface area contributed by atoms with Gasteiger partial charge in [0.2, 0.25) is 11.8 Å². The van der Waals surface area contributed by atoms with Gasteiger partial charge in [-0.25, -0.2) is 18.9 Å². The number of carbonyl (C=O) groups excluding carboxylic acids is 3. The minimum absolute atomic E-state index is 0.102. The van der Waals surface area contributed by atoms with Gasteiger partial charge in [-0.3, -0.25) is 14.4 Å². The third kappa shape index (κ3) is 4.86. The standard InChI is InChI=1S/C28H23BrFN7O3/c1-16(38)21-14-35(22-6-5-17(9-20(21)22)18-11-31-26-7-8-32-37(26)12-18)15-27(39)36-13-19(30)10-23(36)28(40)34-25-4-2-3-24(29)33-25/h2-9,11-12,14,19,23H,10,13,15H2,1H3,(H,33,34,40)/t19-,23+/m1/s1. The molecule has 0 aliphatic carbocycles. The van der Waals surface area contributed by atoms with Crippen molar-refractivity contribution in [3.8, 4) is 11.1 Å². The molecule has 0 unspecified atom stereocenters. The van der Waals surface area contributed by atoms with Crippen molar-refractivity contribution >= 4 is 55.9 Å². The number of nitrogens with zero attached hydrogens (tertiary/aromatic N) is 6. The first-order valence-electron chi connectivity index (χ1n) is 12.6. The summed E-state index contributed by atoms with van der Waals surface area (Å²) in [6.45, 7) is 1.12. The second-order valence-electron chi connectivity index (χ2n) is 9.67.